The summed E-state index contributed by atoms with van der Waals surface area (Å²) in [6, 6.07) is 1.28. The molecule has 0 amide bonds. The maximum Gasteiger partial charge on any atom is 0.326 e. The van der Waals surface area contributed by atoms with Crippen LogP contribution in [0, 0.1) is 0 Å². The monoisotopic (exact) mass is 259 g/mol. The molecule has 1 aliphatic rings. The molecule has 3 rings (SSSR count). The summed E-state index contributed by atoms with van der Waals surface area (Å²) in [7, 11) is 0. The highest BCUT2D eigenvalue weighted by atomic mass is 16.4. The Morgan fingerprint density at radius 3 is 2.95 bits per heavy atom. The SMILES string of the molecule is O=C(O)[C@H]1CCCN1c1cncc(-n2cccn2)n1. The van der Waals surface area contributed by atoms with E-state index in [9.17, 15) is 9.90 Å². The smallest absolute Gasteiger partial charge is 0.326 e. The number of hydrogen-bond acceptors (Lipinski definition) is 5. The lowest BCUT2D eigenvalue weighted by molar-refractivity contribution is -0.138. The van der Waals surface area contributed by atoms with Crippen LogP contribution in [0.5, 0.6) is 0 Å². The zero-order valence-electron chi connectivity index (χ0n) is 10.2. The number of aliphatic carboxylic acids is 1. The van der Waals surface area contributed by atoms with Crippen LogP contribution in [0.2, 0.25) is 0 Å². The van der Waals surface area contributed by atoms with E-state index in [4.69, 9.17) is 0 Å². The van der Waals surface area contributed by atoms with Crippen LogP contribution in [0.1, 0.15) is 12.8 Å². The van der Waals surface area contributed by atoms with Gasteiger partial charge in [-0.05, 0) is 18.9 Å². The summed E-state index contributed by atoms with van der Waals surface area (Å²) in [5, 5.41) is 13.3. The lowest BCUT2D eigenvalue weighted by atomic mass is 10.2. The first-order chi connectivity index (χ1) is 9.25. The standard InChI is InChI=1S/C12H13N5O2/c18-12(19)9-3-1-5-16(9)10-7-13-8-11(15-10)17-6-2-4-14-17/h2,4,6-9H,1,3,5H2,(H,18,19)/t9-/m1/s1. The Morgan fingerprint density at radius 2 is 2.21 bits per heavy atom. The second-order valence-electron chi connectivity index (χ2n) is 4.38. The van der Waals surface area contributed by atoms with Crippen LogP contribution in [0.15, 0.2) is 30.9 Å². The first-order valence-electron chi connectivity index (χ1n) is 6.07. The van der Waals surface area contributed by atoms with Crippen LogP contribution in [0.3, 0.4) is 0 Å². The third-order valence-electron chi connectivity index (χ3n) is 3.18. The summed E-state index contributed by atoms with van der Waals surface area (Å²) in [5.41, 5.74) is 0. The zero-order valence-corrected chi connectivity index (χ0v) is 10.2. The second-order valence-corrected chi connectivity index (χ2v) is 4.38. The van der Waals surface area contributed by atoms with Gasteiger partial charge in [-0.15, -0.1) is 0 Å². The molecule has 0 radical (unpaired) electrons. The molecule has 0 unspecified atom stereocenters. The predicted molar refractivity (Wildman–Crippen MR) is 67.2 cm³/mol. The van der Waals surface area contributed by atoms with Crippen molar-refractivity contribution in [3.8, 4) is 5.82 Å². The molecule has 98 valence electrons. The van der Waals surface area contributed by atoms with Crippen molar-refractivity contribution >= 4 is 11.8 Å². The molecule has 1 saturated heterocycles. The summed E-state index contributed by atoms with van der Waals surface area (Å²) >= 11 is 0. The maximum absolute atomic E-state index is 11.2. The van der Waals surface area contributed by atoms with E-state index in [1.165, 1.54) is 0 Å². The van der Waals surface area contributed by atoms with Gasteiger partial charge in [-0.2, -0.15) is 5.10 Å². The number of anilines is 1. The minimum absolute atomic E-state index is 0.512. The Morgan fingerprint density at radius 1 is 1.37 bits per heavy atom. The van der Waals surface area contributed by atoms with E-state index in [0.717, 1.165) is 6.42 Å². The lowest BCUT2D eigenvalue weighted by Crippen LogP contribution is -2.36. The summed E-state index contributed by atoms with van der Waals surface area (Å²) in [5.74, 6) is 0.347. The predicted octanol–water partition coefficient (Wildman–Crippen LogP) is 0.716. The minimum Gasteiger partial charge on any atom is -0.480 e. The van der Waals surface area contributed by atoms with Crippen LogP contribution in [0.4, 0.5) is 5.82 Å². The first kappa shape index (κ1) is 11.6. The average molecular weight is 259 g/mol. The molecule has 19 heavy (non-hydrogen) atoms. The van der Waals surface area contributed by atoms with Crippen LogP contribution >= 0.6 is 0 Å². The van der Waals surface area contributed by atoms with Crippen LogP contribution in [0.25, 0.3) is 5.82 Å². The van der Waals surface area contributed by atoms with E-state index in [1.807, 2.05) is 0 Å². The molecule has 1 fully saturated rings. The number of carboxylic acid groups (broad SMARTS) is 1. The van der Waals surface area contributed by atoms with Crippen molar-refractivity contribution in [2.24, 2.45) is 0 Å². The number of hydrogen-bond donors (Lipinski definition) is 1. The van der Waals surface area contributed by atoms with Gasteiger partial charge in [0.1, 0.15) is 11.9 Å². The van der Waals surface area contributed by atoms with Crippen molar-refractivity contribution in [1.82, 2.24) is 19.7 Å². The number of carbonyl (C=O) groups is 1. The van der Waals surface area contributed by atoms with Crippen LogP contribution in [-0.4, -0.2) is 43.4 Å². The third kappa shape index (κ3) is 2.14. The molecular weight excluding hydrogens is 246 g/mol. The number of carboxylic acids is 1. The number of aromatic nitrogens is 4. The Kier molecular flexibility index (Phi) is 2.86. The van der Waals surface area contributed by atoms with Crippen molar-refractivity contribution in [2.45, 2.75) is 18.9 Å². The number of nitrogens with zero attached hydrogens (tertiary/aromatic N) is 5. The fourth-order valence-electron chi connectivity index (χ4n) is 2.30. The van der Waals surface area contributed by atoms with Gasteiger partial charge in [0.25, 0.3) is 0 Å². The number of rotatable bonds is 3. The molecular formula is C12H13N5O2. The molecule has 2 aromatic rings. The van der Waals surface area contributed by atoms with Gasteiger partial charge in [0.2, 0.25) is 0 Å². The topological polar surface area (TPSA) is 84.1 Å². The Bertz CT molecular complexity index is 584. The van der Waals surface area contributed by atoms with Crippen molar-refractivity contribution in [3.63, 3.8) is 0 Å². The van der Waals surface area contributed by atoms with E-state index in [-0.39, 0.29) is 0 Å². The summed E-state index contributed by atoms with van der Waals surface area (Å²) < 4.78 is 1.60. The van der Waals surface area contributed by atoms with Gasteiger partial charge in [-0.1, -0.05) is 0 Å². The minimum atomic E-state index is -0.816. The normalized spacial score (nSPS) is 18.7. The summed E-state index contributed by atoms with van der Waals surface area (Å²) in [4.78, 5) is 21.5. The van der Waals surface area contributed by atoms with Crippen molar-refractivity contribution in [2.75, 3.05) is 11.4 Å². The van der Waals surface area contributed by atoms with Crippen molar-refractivity contribution in [1.29, 1.82) is 0 Å². The van der Waals surface area contributed by atoms with E-state index < -0.39 is 12.0 Å². The van der Waals surface area contributed by atoms with Gasteiger partial charge < -0.3 is 10.0 Å². The molecule has 2 aromatic heterocycles. The molecule has 0 aliphatic carbocycles. The van der Waals surface area contributed by atoms with E-state index in [1.54, 1.807) is 40.4 Å². The molecule has 0 aromatic carbocycles. The highest BCUT2D eigenvalue weighted by Crippen LogP contribution is 2.23. The van der Waals surface area contributed by atoms with E-state index in [0.29, 0.717) is 24.6 Å². The van der Waals surface area contributed by atoms with Gasteiger partial charge in [-0.3, -0.25) is 4.98 Å². The summed E-state index contributed by atoms with van der Waals surface area (Å²) in [6.45, 7) is 0.689. The van der Waals surface area contributed by atoms with E-state index >= 15 is 0 Å². The third-order valence-corrected chi connectivity index (χ3v) is 3.18. The lowest BCUT2D eigenvalue weighted by Gasteiger charge is -2.22. The highest BCUT2D eigenvalue weighted by Gasteiger charge is 2.31. The van der Waals surface area contributed by atoms with Crippen molar-refractivity contribution < 1.29 is 9.90 Å². The average Bonchev–Trinajstić information content (AvgIpc) is 3.10. The molecule has 1 N–H and O–H groups in total. The largest absolute Gasteiger partial charge is 0.480 e. The molecule has 7 nitrogen and oxygen atoms in total. The van der Waals surface area contributed by atoms with Gasteiger partial charge in [-0.25, -0.2) is 14.5 Å². The fraction of sp³-hybridized carbons (Fsp3) is 0.333. The Balaban J connectivity index is 1.93. The fourth-order valence-corrected chi connectivity index (χ4v) is 2.30. The first-order valence-corrected chi connectivity index (χ1v) is 6.07. The molecule has 0 saturated carbocycles. The maximum atomic E-state index is 11.2. The van der Waals surface area contributed by atoms with Crippen LogP contribution < -0.4 is 4.90 Å². The van der Waals surface area contributed by atoms with Crippen molar-refractivity contribution in [3.05, 3.63) is 30.9 Å². The molecule has 1 atom stereocenters. The van der Waals surface area contributed by atoms with Gasteiger partial charge in [0, 0.05) is 18.9 Å². The molecule has 0 bridgehead atoms. The Hall–Kier alpha value is -2.44. The van der Waals surface area contributed by atoms with Gasteiger partial charge in [0.15, 0.2) is 5.82 Å². The molecule has 7 heteroatoms. The zero-order chi connectivity index (χ0) is 13.2. The quantitative estimate of drug-likeness (QED) is 0.874. The highest BCUT2D eigenvalue weighted by molar-refractivity contribution is 5.78. The molecule has 3 heterocycles. The van der Waals surface area contributed by atoms with E-state index in [2.05, 4.69) is 15.1 Å². The van der Waals surface area contributed by atoms with Gasteiger partial charge >= 0.3 is 5.97 Å². The van der Waals surface area contributed by atoms with Crippen LogP contribution in [-0.2, 0) is 4.79 Å². The molecule has 0 spiro atoms. The Labute approximate surface area is 109 Å². The second kappa shape index (κ2) is 4.68. The summed E-state index contributed by atoms with van der Waals surface area (Å²) in [6.07, 6.45) is 8.11. The molecule has 1 aliphatic heterocycles. The van der Waals surface area contributed by atoms with Gasteiger partial charge in [0.05, 0.1) is 12.4 Å².